The van der Waals surface area contributed by atoms with E-state index in [4.69, 9.17) is 4.74 Å². The molecule has 0 aliphatic rings. The van der Waals surface area contributed by atoms with Gasteiger partial charge in [0.15, 0.2) is 0 Å². The van der Waals surface area contributed by atoms with E-state index in [0.29, 0.717) is 17.3 Å². The van der Waals surface area contributed by atoms with Crippen LogP contribution in [0.25, 0.3) is 0 Å². The lowest BCUT2D eigenvalue weighted by Crippen LogP contribution is -2.14. The number of ether oxygens (including phenoxy) is 1. The summed E-state index contributed by atoms with van der Waals surface area (Å²) in [6.45, 7) is 6.39. The fourth-order valence-corrected chi connectivity index (χ4v) is 3.02. The summed E-state index contributed by atoms with van der Waals surface area (Å²) in [5.41, 5.74) is 2.32. The Balaban J connectivity index is 2.02. The predicted octanol–water partition coefficient (Wildman–Crippen LogP) is 6.02. The van der Waals surface area contributed by atoms with Crippen LogP contribution in [0, 0.1) is 0 Å². The van der Waals surface area contributed by atoms with Crippen molar-refractivity contribution in [1.82, 2.24) is 4.98 Å². The lowest BCUT2D eigenvalue weighted by Gasteiger charge is -2.22. The highest BCUT2D eigenvalue weighted by Gasteiger charge is 2.21. The molecule has 0 saturated heterocycles. The Labute approximate surface area is 162 Å². The van der Waals surface area contributed by atoms with E-state index in [9.17, 15) is 5.11 Å². The lowest BCUT2D eigenvalue weighted by molar-refractivity contribution is 0.214. The molecule has 1 atom stereocenters. The van der Waals surface area contributed by atoms with Gasteiger partial charge in [0, 0.05) is 10.5 Å². The average Bonchev–Trinajstić information content (AvgIpc) is 2.61. The van der Waals surface area contributed by atoms with Crippen molar-refractivity contribution >= 4 is 15.9 Å². The van der Waals surface area contributed by atoms with Gasteiger partial charge in [0.1, 0.15) is 11.9 Å². The van der Waals surface area contributed by atoms with E-state index >= 15 is 0 Å². The van der Waals surface area contributed by atoms with Crippen molar-refractivity contribution in [1.29, 1.82) is 0 Å². The minimum absolute atomic E-state index is 0.0938. The molecule has 4 heteroatoms. The molecule has 0 amide bonds. The van der Waals surface area contributed by atoms with Gasteiger partial charge < -0.3 is 9.84 Å². The molecule has 0 saturated carbocycles. The third-order valence-corrected chi connectivity index (χ3v) is 4.59. The van der Waals surface area contributed by atoms with Gasteiger partial charge in [-0.3, -0.25) is 0 Å². The van der Waals surface area contributed by atoms with Gasteiger partial charge in [0.2, 0.25) is 5.88 Å². The Morgan fingerprint density at radius 2 is 1.69 bits per heavy atom. The molecule has 0 spiro atoms. The monoisotopic (exact) mass is 411 g/mol. The summed E-state index contributed by atoms with van der Waals surface area (Å²) >= 11 is 3.45. The zero-order valence-electron chi connectivity index (χ0n) is 15.1. The Morgan fingerprint density at radius 1 is 0.962 bits per heavy atom. The number of para-hydroxylation sites is 1. The first-order valence-corrected chi connectivity index (χ1v) is 9.31. The highest BCUT2D eigenvalue weighted by Crippen LogP contribution is 2.32. The number of hydrogen-bond acceptors (Lipinski definition) is 3. The Morgan fingerprint density at radius 3 is 2.35 bits per heavy atom. The average molecular weight is 412 g/mol. The van der Waals surface area contributed by atoms with Gasteiger partial charge in [0.05, 0.1) is 5.69 Å². The van der Waals surface area contributed by atoms with E-state index in [1.165, 1.54) is 0 Å². The molecule has 3 aromatic rings. The van der Waals surface area contributed by atoms with Gasteiger partial charge in [-0.15, -0.1) is 0 Å². The number of aromatic nitrogens is 1. The van der Waals surface area contributed by atoms with E-state index < -0.39 is 6.10 Å². The molecular weight excluding hydrogens is 390 g/mol. The molecule has 2 aromatic carbocycles. The first-order chi connectivity index (χ1) is 12.3. The molecule has 0 fully saturated rings. The second kappa shape index (κ2) is 7.60. The van der Waals surface area contributed by atoms with Crippen molar-refractivity contribution in [2.45, 2.75) is 32.3 Å². The highest BCUT2D eigenvalue weighted by atomic mass is 79.9. The van der Waals surface area contributed by atoms with Crippen LogP contribution in [0.3, 0.4) is 0 Å². The molecule has 1 N–H and O–H groups in total. The number of aliphatic hydroxyl groups is 1. The Bertz CT molecular complexity index is 888. The summed E-state index contributed by atoms with van der Waals surface area (Å²) in [5, 5.41) is 10.9. The number of pyridine rings is 1. The van der Waals surface area contributed by atoms with Crippen LogP contribution in [-0.4, -0.2) is 10.1 Å². The third kappa shape index (κ3) is 4.51. The van der Waals surface area contributed by atoms with Crippen molar-refractivity contribution in [3.8, 4) is 11.6 Å². The van der Waals surface area contributed by atoms with E-state index in [1.807, 2.05) is 66.7 Å². The predicted molar refractivity (Wildman–Crippen MR) is 108 cm³/mol. The van der Waals surface area contributed by atoms with Gasteiger partial charge in [0.25, 0.3) is 0 Å². The zero-order valence-corrected chi connectivity index (χ0v) is 16.7. The standard InChI is InChI=1S/C22H22BrNO2/c1-22(2,3)16-13-19(21(25)15-8-7-9-17(23)12-15)24-20(14-16)26-18-10-5-4-6-11-18/h4-14,21,25H,1-3H3. The highest BCUT2D eigenvalue weighted by molar-refractivity contribution is 9.10. The van der Waals surface area contributed by atoms with Gasteiger partial charge in [-0.1, -0.05) is 67.0 Å². The van der Waals surface area contributed by atoms with Gasteiger partial charge in [-0.05, 0) is 46.9 Å². The Kier molecular flexibility index (Phi) is 5.44. The van der Waals surface area contributed by atoms with E-state index in [0.717, 1.165) is 15.6 Å². The SMILES string of the molecule is CC(C)(C)c1cc(Oc2ccccc2)nc(C(O)c2cccc(Br)c2)c1. The van der Waals surface area contributed by atoms with Crippen molar-refractivity contribution in [2.75, 3.05) is 0 Å². The second-order valence-electron chi connectivity index (χ2n) is 7.24. The molecule has 0 aliphatic carbocycles. The maximum absolute atomic E-state index is 10.9. The van der Waals surface area contributed by atoms with Crippen LogP contribution < -0.4 is 4.74 Å². The summed E-state index contributed by atoms with van der Waals surface area (Å²) in [5.74, 6) is 1.20. The fourth-order valence-electron chi connectivity index (χ4n) is 2.61. The smallest absolute Gasteiger partial charge is 0.219 e. The molecule has 26 heavy (non-hydrogen) atoms. The maximum atomic E-state index is 10.9. The maximum Gasteiger partial charge on any atom is 0.219 e. The van der Waals surface area contributed by atoms with Crippen molar-refractivity contribution in [2.24, 2.45) is 0 Å². The second-order valence-corrected chi connectivity index (χ2v) is 8.16. The molecule has 134 valence electrons. The summed E-state index contributed by atoms with van der Waals surface area (Å²) in [6.07, 6.45) is -0.826. The summed E-state index contributed by atoms with van der Waals surface area (Å²) in [4.78, 5) is 4.56. The van der Waals surface area contributed by atoms with Crippen molar-refractivity contribution in [3.05, 3.63) is 88.0 Å². The summed E-state index contributed by atoms with van der Waals surface area (Å²) in [6, 6.07) is 21.0. The van der Waals surface area contributed by atoms with Gasteiger partial charge in [-0.2, -0.15) is 0 Å². The molecule has 0 aliphatic heterocycles. The number of benzene rings is 2. The summed E-state index contributed by atoms with van der Waals surface area (Å²) < 4.78 is 6.85. The molecule has 0 radical (unpaired) electrons. The molecular formula is C22H22BrNO2. The summed E-state index contributed by atoms with van der Waals surface area (Å²) in [7, 11) is 0. The first-order valence-electron chi connectivity index (χ1n) is 8.52. The van der Waals surface area contributed by atoms with Crippen LogP contribution in [-0.2, 0) is 5.41 Å². The number of rotatable bonds is 4. The quantitative estimate of drug-likeness (QED) is 0.570. The molecule has 1 heterocycles. The van der Waals surface area contributed by atoms with E-state index in [2.05, 4.69) is 41.7 Å². The lowest BCUT2D eigenvalue weighted by atomic mass is 9.86. The first kappa shape index (κ1) is 18.6. The Hall–Kier alpha value is -2.17. The number of hydrogen-bond donors (Lipinski definition) is 1. The van der Waals surface area contributed by atoms with Crippen molar-refractivity contribution < 1.29 is 9.84 Å². The van der Waals surface area contributed by atoms with E-state index in [-0.39, 0.29) is 5.41 Å². The zero-order chi connectivity index (χ0) is 18.7. The van der Waals surface area contributed by atoms with Crippen LogP contribution in [0.15, 0.2) is 71.2 Å². The van der Waals surface area contributed by atoms with Crippen LogP contribution in [0.5, 0.6) is 11.6 Å². The number of halogens is 1. The molecule has 0 bridgehead atoms. The van der Waals surface area contributed by atoms with Crippen molar-refractivity contribution in [3.63, 3.8) is 0 Å². The van der Waals surface area contributed by atoms with E-state index in [1.54, 1.807) is 0 Å². The minimum Gasteiger partial charge on any atom is -0.439 e. The minimum atomic E-state index is -0.826. The fraction of sp³-hybridized carbons (Fsp3) is 0.227. The van der Waals surface area contributed by atoms with Crippen LogP contribution >= 0.6 is 15.9 Å². The molecule has 1 aromatic heterocycles. The molecule has 3 nitrogen and oxygen atoms in total. The molecule has 1 unspecified atom stereocenters. The normalized spacial score (nSPS) is 12.7. The topological polar surface area (TPSA) is 42.4 Å². The van der Waals surface area contributed by atoms with Gasteiger partial charge >= 0.3 is 0 Å². The molecule has 3 rings (SSSR count). The van der Waals surface area contributed by atoms with Crippen LogP contribution in [0.4, 0.5) is 0 Å². The number of aliphatic hydroxyl groups excluding tert-OH is 1. The third-order valence-electron chi connectivity index (χ3n) is 4.10. The largest absolute Gasteiger partial charge is 0.439 e. The van der Waals surface area contributed by atoms with Crippen LogP contribution in [0.1, 0.15) is 43.7 Å². The van der Waals surface area contributed by atoms with Gasteiger partial charge in [-0.25, -0.2) is 4.98 Å². The van der Waals surface area contributed by atoms with Crippen LogP contribution in [0.2, 0.25) is 0 Å². The number of nitrogens with zero attached hydrogens (tertiary/aromatic N) is 1.